The second-order valence-electron chi connectivity index (χ2n) is 5.91. The molecule has 0 spiro atoms. The SMILES string of the molecule is O=C(c1ccoc1)N1CCO[C@@H]2[C@H](Cn3cnnc3)CC[C@H]21. The molecule has 22 heavy (non-hydrogen) atoms. The van der Waals surface area contributed by atoms with Crippen LogP contribution in [0.5, 0.6) is 0 Å². The molecule has 2 aromatic heterocycles. The molecule has 1 amide bonds. The lowest BCUT2D eigenvalue weighted by Gasteiger charge is -2.39. The largest absolute Gasteiger partial charge is 0.472 e. The molecule has 1 aliphatic heterocycles. The third kappa shape index (κ3) is 2.31. The Hall–Kier alpha value is -2.15. The molecule has 2 fully saturated rings. The second-order valence-corrected chi connectivity index (χ2v) is 5.91. The van der Waals surface area contributed by atoms with Crippen LogP contribution in [0.2, 0.25) is 0 Å². The molecule has 7 heteroatoms. The topological polar surface area (TPSA) is 73.4 Å². The van der Waals surface area contributed by atoms with E-state index in [4.69, 9.17) is 9.15 Å². The van der Waals surface area contributed by atoms with Crippen molar-refractivity contribution in [2.45, 2.75) is 31.5 Å². The Morgan fingerprint density at radius 2 is 2.18 bits per heavy atom. The standard InChI is InChI=1S/C15H18N4O3/c20-15(12-3-5-21-8-12)19-4-6-22-14-11(1-2-13(14)19)7-18-9-16-17-10-18/h3,5,8-11,13-14H,1-2,4,6-7H2/t11-,13+,14+/m0/s1. The van der Waals surface area contributed by atoms with Crippen LogP contribution in [0.25, 0.3) is 0 Å². The summed E-state index contributed by atoms with van der Waals surface area (Å²) < 4.78 is 13.0. The van der Waals surface area contributed by atoms with E-state index in [2.05, 4.69) is 10.2 Å². The molecule has 0 bridgehead atoms. The Bertz CT molecular complexity index is 625. The number of morpholine rings is 1. The smallest absolute Gasteiger partial charge is 0.257 e. The minimum atomic E-state index is 0.0389. The molecule has 3 heterocycles. The molecular formula is C15H18N4O3. The summed E-state index contributed by atoms with van der Waals surface area (Å²) in [7, 11) is 0. The van der Waals surface area contributed by atoms with E-state index in [1.165, 1.54) is 12.5 Å². The number of hydrogen-bond donors (Lipinski definition) is 0. The van der Waals surface area contributed by atoms with Crippen LogP contribution in [0.15, 0.2) is 35.7 Å². The summed E-state index contributed by atoms with van der Waals surface area (Å²) in [6.07, 6.45) is 8.61. The van der Waals surface area contributed by atoms with E-state index in [1.807, 2.05) is 9.47 Å². The lowest BCUT2D eigenvalue weighted by molar-refractivity contribution is -0.0645. The zero-order chi connectivity index (χ0) is 14.9. The molecule has 1 saturated carbocycles. The van der Waals surface area contributed by atoms with Crippen molar-refractivity contribution in [3.63, 3.8) is 0 Å². The van der Waals surface area contributed by atoms with Crippen LogP contribution in [0, 0.1) is 5.92 Å². The van der Waals surface area contributed by atoms with Crippen molar-refractivity contribution in [3.05, 3.63) is 36.8 Å². The maximum absolute atomic E-state index is 12.6. The molecule has 7 nitrogen and oxygen atoms in total. The van der Waals surface area contributed by atoms with Gasteiger partial charge in [0.2, 0.25) is 0 Å². The number of nitrogens with zero attached hydrogens (tertiary/aromatic N) is 4. The summed E-state index contributed by atoms with van der Waals surface area (Å²) in [6.45, 7) is 2.07. The van der Waals surface area contributed by atoms with Crippen LogP contribution in [0.1, 0.15) is 23.2 Å². The monoisotopic (exact) mass is 302 g/mol. The molecule has 4 rings (SSSR count). The highest BCUT2D eigenvalue weighted by atomic mass is 16.5. The molecule has 0 N–H and O–H groups in total. The van der Waals surface area contributed by atoms with Crippen molar-refractivity contribution >= 4 is 5.91 Å². The molecule has 1 saturated heterocycles. The third-order valence-corrected chi connectivity index (χ3v) is 4.66. The maximum atomic E-state index is 12.6. The van der Waals surface area contributed by atoms with Gasteiger partial charge in [0.15, 0.2) is 0 Å². The molecule has 1 aliphatic carbocycles. The van der Waals surface area contributed by atoms with Gasteiger partial charge in [-0.1, -0.05) is 0 Å². The first-order valence-electron chi connectivity index (χ1n) is 7.60. The van der Waals surface area contributed by atoms with Crippen molar-refractivity contribution in [2.24, 2.45) is 5.92 Å². The van der Waals surface area contributed by atoms with E-state index in [-0.39, 0.29) is 18.1 Å². The summed E-state index contributed by atoms with van der Waals surface area (Å²) in [5.41, 5.74) is 0.614. The van der Waals surface area contributed by atoms with Crippen molar-refractivity contribution in [2.75, 3.05) is 13.2 Å². The van der Waals surface area contributed by atoms with Gasteiger partial charge in [0.05, 0.1) is 30.6 Å². The van der Waals surface area contributed by atoms with E-state index in [9.17, 15) is 4.79 Å². The first-order valence-corrected chi connectivity index (χ1v) is 7.60. The Morgan fingerprint density at radius 1 is 1.32 bits per heavy atom. The normalized spacial score (nSPS) is 27.8. The van der Waals surface area contributed by atoms with Gasteiger partial charge in [-0.2, -0.15) is 0 Å². The van der Waals surface area contributed by atoms with Crippen LogP contribution >= 0.6 is 0 Å². The molecule has 0 aromatic carbocycles. The summed E-state index contributed by atoms with van der Waals surface area (Å²) >= 11 is 0. The molecule has 3 atom stereocenters. The van der Waals surface area contributed by atoms with E-state index < -0.39 is 0 Å². The van der Waals surface area contributed by atoms with Crippen LogP contribution in [0.4, 0.5) is 0 Å². The van der Waals surface area contributed by atoms with E-state index >= 15 is 0 Å². The fourth-order valence-corrected chi connectivity index (χ4v) is 3.65. The summed E-state index contributed by atoms with van der Waals surface area (Å²) in [5.74, 6) is 0.429. The average molecular weight is 302 g/mol. The Labute approximate surface area is 127 Å². The maximum Gasteiger partial charge on any atom is 0.257 e. The number of fused-ring (bicyclic) bond motifs is 1. The highest BCUT2D eigenvalue weighted by Gasteiger charge is 2.44. The van der Waals surface area contributed by atoms with Crippen LogP contribution in [0.3, 0.4) is 0 Å². The average Bonchev–Trinajstić information content (AvgIpc) is 3.29. The summed E-state index contributed by atoms with van der Waals surface area (Å²) in [4.78, 5) is 14.6. The van der Waals surface area contributed by atoms with Crippen LogP contribution < -0.4 is 0 Å². The van der Waals surface area contributed by atoms with Gasteiger partial charge in [-0.05, 0) is 18.9 Å². The van der Waals surface area contributed by atoms with Gasteiger partial charge < -0.3 is 18.6 Å². The van der Waals surface area contributed by atoms with E-state index in [1.54, 1.807) is 18.7 Å². The molecule has 0 unspecified atom stereocenters. The zero-order valence-electron chi connectivity index (χ0n) is 12.2. The predicted octanol–water partition coefficient (Wildman–Crippen LogP) is 1.19. The Balaban J connectivity index is 1.50. The van der Waals surface area contributed by atoms with E-state index in [0.29, 0.717) is 24.6 Å². The number of carbonyl (C=O) groups is 1. The number of furan rings is 1. The van der Waals surface area contributed by atoms with Crippen molar-refractivity contribution in [3.8, 4) is 0 Å². The molecular weight excluding hydrogens is 284 g/mol. The molecule has 2 aromatic rings. The minimum Gasteiger partial charge on any atom is -0.472 e. The van der Waals surface area contributed by atoms with Gasteiger partial charge >= 0.3 is 0 Å². The summed E-state index contributed by atoms with van der Waals surface area (Å²) in [6, 6.07) is 1.87. The van der Waals surface area contributed by atoms with Crippen LogP contribution in [-0.2, 0) is 11.3 Å². The van der Waals surface area contributed by atoms with Crippen LogP contribution in [-0.4, -0.2) is 50.9 Å². The van der Waals surface area contributed by atoms with Gasteiger partial charge in [0, 0.05) is 19.0 Å². The van der Waals surface area contributed by atoms with Gasteiger partial charge in [-0.25, -0.2) is 0 Å². The van der Waals surface area contributed by atoms with Gasteiger partial charge in [0.25, 0.3) is 5.91 Å². The van der Waals surface area contributed by atoms with Crippen molar-refractivity contribution in [1.29, 1.82) is 0 Å². The summed E-state index contributed by atoms with van der Waals surface area (Å²) in [5, 5.41) is 7.68. The Morgan fingerprint density at radius 3 is 2.95 bits per heavy atom. The number of hydrogen-bond acceptors (Lipinski definition) is 5. The molecule has 116 valence electrons. The first-order chi connectivity index (χ1) is 10.8. The molecule has 0 radical (unpaired) electrons. The lowest BCUT2D eigenvalue weighted by atomic mass is 10.0. The lowest BCUT2D eigenvalue weighted by Crippen LogP contribution is -2.52. The van der Waals surface area contributed by atoms with Crippen molar-refractivity contribution < 1.29 is 13.9 Å². The predicted molar refractivity (Wildman–Crippen MR) is 76.0 cm³/mol. The number of carbonyl (C=O) groups excluding carboxylic acids is 1. The fraction of sp³-hybridized carbons (Fsp3) is 0.533. The van der Waals surface area contributed by atoms with Gasteiger partial charge in [-0.15, -0.1) is 10.2 Å². The number of ether oxygens (including phenoxy) is 1. The third-order valence-electron chi connectivity index (χ3n) is 4.66. The number of amides is 1. The second kappa shape index (κ2) is 5.57. The quantitative estimate of drug-likeness (QED) is 0.851. The van der Waals surface area contributed by atoms with E-state index in [0.717, 1.165) is 19.4 Å². The fourth-order valence-electron chi connectivity index (χ4n) is 3.65. The Kier molecular flexibility index (Phi) is 3.42. The number of rotatable bonds is 3. The van der Waals surface area contributed by atoms with Gasteiger partial charge in [0.1, 0.15) is 18.9 Å². The van der Waals surface area contributed by atoms with Crippen molar-refractivity contribution in [1.82, 2.24) is 19.7 Å². The first kappa shape index (κ1) is 13.5. The number of aromatic nitrogens is 3. The minimum absolute atomic E-state index is 0.0389. The van der Waals surface area contributed by atoms with Gasteiger partial charge in [-0.3, -0.25) is 4.79 Å². The highest BCUT2D eigenvalue weighted by molar-refractivity contribution is 5.94. The highest BCUT2D eigenvalue weighted by Crippen LogP contribution is 2.36. The molecule has 2 aliphatic rings. The zero-order valence-corrected chi connectivity index (χ0v) is 12.2.